The van der Waals surface area contributed by atoms with Crippen LogP contribution < -0.4 is 5.32 Å². The van der Waals surface area contributed by atoms with Gasteiger partial charge in [-0.2, -0.15) is 0 Å². The zero-order chi connectivity index (χ0) is 15.3. The van der Waals surface area contributed by atoms with E-state index in [-0.39, 0.29) is 0 Å². The molecule has 0 saturated heterocycles. The van der Waals surface area contributed by atoms with Crippen LogP contribution in [0.4, 0.5) is 0 Å². The molecule has 1 unspecified atom stereocenters. The van der Waals surface area contributed by atoms with Gasteiger partial charge in [0.2, 0.25) is 0 Å². The lowest BCUT2D eigenvalue weighted by Crippen LogP contribution is -2.31. The van der Waals surface area contributed by atoms with Crippen molar-refractivity contribution in [3.63, 3.8) is 0 Å². The van der Waals surface area contributed by atoms with E-state index in [1.54, 1.807) is 0 Å². The molecule has 3 heteroatoms. The number of hydrogen-bond acceptors (Lipinski definition) is 2. The molecule has 0 amide bonds. The van der Waals surface area contributed by atoms with Crippen LogP contribution >= 0.6 is 27.7 Å². The summed E-state index contributed by atoms with van der Waals surface area (Å²) in [5.41, 5.74) is 0. The average molecular weight is 372 g/mol. The van der Waals surface area contributed by atoms with Crippen LogP contribution in [-0.4, -0.2) is 18.3 Å². The van der Waals surface area contributed by atoms with Crippen LogP contribution in [0.2, 0.25) is 0 Å². The molecule has 0 fully saturated rings. The van der Waals surface area contributed by atoms with Crippen LogP contribution in [-0.2, 0) is 0 Å². The first-order chi connectivity index (χ1) is 10.3. The standard InChI is InChI=1S/C18H30BrNS/c1-3-5-6-7-8-9-10-17(20-4-2)15-21-18-13-11-16(19)12-14-18/h11-14,17,20H,3-10,15H2,1-2H3. The number of thioether (sulfide) groups is 1. The molecule has 0 saturated carbocycles. The van der Waals surface area contributed by atoms with Crippen molar-refractivity contribution >= 4 is 27.7 Å². The first-order valence-corrected chi connectivity index (χ1v) is 10.2. The van der Waals surface area contributed by atoms with Crippen LogP contribution in [0, 0.1) is 0 Å². The van der Waals surface area contributed by atoms with Crippen molar-refractivity contribution in [3.05, 3.63) is 28.7 Å². The summed E-state index contributed by atoms with van der Waals surface area (Å²) in [6, 6.07) is 9.29. The van der Waals surface area contributed by atoms with Gasteiger partial charge in [0, 0.05) is 21.2 Å². The lowest BCUT2D eigenvalue weighted by molar-refractivity contribution is 0.494. The summed E-state index contributed by atoms with van der Waals surface area (Å²) < 4.78 is 1.15. The molecular weight excluding hydrogens is 342 g/mol. The summed E-state index contributed by atoms with van der Waals surface area (Å²) in [6.45, 7) is 5.56. The SMILES string of the molecule is CCCCCCCCC(CSc1ccc(Br)cc1)NCC. The maximum atomic E-state index is 3.64. The highest BCUT2D eigenvalue weighted by Gasteiger charge is 2.07. The first-order valence-electron chi connectivity index (χ1n) is 8.38. The topological polar surface area (TPSA) is 12.0 Å². The Kier molecular flexibility index (Phi) is 11.4. The predicted molar refractivity (Wildman–Crippen MR) is 100 cm³/mol. The second-order valence-corrected chi connectivity index (χ2v) is 7.59. The molecule has 1 aromatic carbocycles. The number of rotatable bonds is 12. The second-order valence-electron chi connectivity index (χ2n) is 5.58. The van der Waals surface area contributed by atoms with Crippen LogP contribution in [0.15, 0.2) is 33.6 Å². The van der Waals surface area contributed by atoms with Crippen LogP contribution in [0.5, 0.6) is 0 Å². The van der Waals surface area contributed by atoms with Crippen molar-refractivity contribution in [1.82, 2.24) is 5.32 Å². The molecule has 0 heterocycles. The Morgan fingerprint density at radius 3 is 2.33 bits per heavy atom. The maximum absolute atomic E-state index is 3.64. The summed E-state index contributed by atoms with van der Waals surface area (Å²) in [4.78, 5) is 1.36. The number of benzene rings is 1. The van der Waals surface area contributed by atoms with Gasteiger partial charge in [-0.05, 0) is 37.2 Å². The first kappa shape index (κ1) is 19.1. The van der Waals surface area contributed by atoms with Gasteiger partial charge in [-0.1, -0.05) is 68.3 Å². The second kappa shape index (κ2) is 12.5. The molecule has 1 N–H and O–H groups in total. The van der Waals surface area contributed by atoms with Crippen LogP contribution in [0.3, 0.4) is 0 Å². The van der Waals surface area contributed by atoms with E-state index >= 15 is 0 Å². The van der Waals surface area contributed by atoms with Gasteiger partial charge in [0.15, 0.2) is 0 Å². The quantitative estimate of drug-likeness (QED) is 0.343. The Labute approximate surface area is 143 Å². The fourth-order valence-corrected chi connectivity index (χ4v) is 3.70. The van der Waals surface area contributed by atoms with E-state index in [1.165, 1.54) is 55.6 Å². The van der Waals surface area contributed by atoms with Gasteiger partial charge in [-0.15, -0.1) is 11.8 Å². The third-order valence-electron chi connectivity index (χ3n) is 3.66. The molecule has 120 valence electrons. The Balaban J connectivity index is 2.21. The molecule has 0 aliphatic rings. The molecule has 1 nitrogen and oxygen atoms in total. The van der Waals surface area contributed by atoms with Crippen molar-refractivity contribution in [2.75, 3.05) is 12.3 Å². The molecule has 1 atom stereocenters. The van der Waals surface area contributed by atoms with Gasteiger partial charge in [0.1, 0.15) is 0 Å². The maximum Gasteiger partial charge on any atom is 0.0176 e. The van der Waals surface area contributed by atoms with Gasteiger partial charge >= 0.3 is 0 Å². The zero-order valence-electron chi connectivity index (χ0n) is 13.5. The summed E-state index contributed by atoms with van der Waals surface area (Å²) >= 11 is 5.45. The Morgan fingerprint density at radius 1 is 1.00 bits per heavy atom. The third-order valence-corrected chi connectivity index (χ3v) is 5.37. The van der Waals surface area contributed by atoms with Crippen molar-refractivity contribution in [2.24, 2.45) is 0 Å². The molecule has 0 bridgehead atoms. The van der Waals surface area contributed by atoms with Crippen LogP contribution in [0.25, 0.3) is 0 Å². The van der Waals surface area contributed by atoms with E-state index in [1.807, 2.05) is 11.8 Å². The number of hydrogen-bond donors (Lipinski definition) is 1. The minimum Gasteiger partial charge on any atom is -0.313 e. The van der Waals surface area contributed by atoms with E-state index in [0.29, 0.717) is 6.04 Å². The number of halogens is 1. The van der Waals surface area contributed by atoms with E-state index in [0.717, 1.165) is 11.0 Å². The van der Waals surface area contributed by atoms with Crippen molar-refractivity contribution in [3.8, 4) is 0 Å². The number of nitrogens with one attached hydrogen (secondary N) is 1. The van der Waals surface area contributed by atoms with Crippen LogP contribution in [0.1, 0.15) is 58.8 Å². The molecule has 0 aliphatic heterocycles. The fourth-order valence-electron chi connectivity index (χ4n) is 2.43. The fraction of sp³-hybridized carbons (Fsp3) is 0.667. The molecule has 21 heavy (non-hydrogen) atoms. The largest absolute Gasteiger partial charge is 0.313 e. The van der Waals surface area contributed by atoms with Crippen molar-refractivity contribution in [2.45, 2.75) is 69.7 Å². The summed E-state index contributed by atoms with van der Waals surface area (Å²) in [7, 11) is 0. The van der Waals surface area contributed by atoms with Gasteiger partial charge in [0.25, 0.3) is 0 Å². The predicted octanol–water partition coefficient (Wildman–Crippen LogP) is 6.27. The molecule has 0 aromatic heterocycles. The van der Waals surface area contributed by atoms with E-state index in [4.69, 9.17) is 0 Å². The lowest BCUT2D eigenvalue weighted by Gasteiger charge is -2.17. The van der Waals surface area contributed by atoms with E-state index in [9.17, 15) is 0 Å². The van der Waals surface area contributed by atoms with Crippen molar-refractivity contribution < 1.29 is 0 Å². The van der Waals surface area contributed by atoms with Gasteiger partial charge in [0.05, 0.1) is 0 Å². The lowest BCUT2D eigenvalue weighted by atomic mass is 10.1. The minimum absolute atomic E-state index is 0.648. The highest BCUT2D eigenvalue weighted by Crippen LogP contribution is 2.22. The Bertz CT molecular complexity index is 353. The van der Waals surface area contributed by atoms with Gasteiger partial charge in [-0.25, -0.2) is 0 Å². The zero-order valence-corrected chi connectivity index (χ0v) is 15.9. The molecule has 0 spiro atoms. The summed E-state index contributed by atoms with van der Waals surface area (Å²) in [5.74, 6) is 1.17. The normalized spacial score (nSPS) is 12.5. The highest BCUT2D eigenvalue weighted by atomic mass is 79.9. The van der Waals surface area contributed by atoms with Crippen molar-refractivity contribution in [1.29, 1.82) is 0 Å². The highest BCUT2D eigenvalue weighted by molar-refractivity contribution is 9.10. The average Bonchev–Trinajstić information content (AvgIpc) is 2.49. The monoisotopic (exact) mass is 371 g/mol. The third kappa shape index (κ3) is 9.59. The molecule has 1 aromatic rings. The summed E-state index contributed by atoms with van der Waals surface area (Å²) in [5, 5.41) is 3.64. The Hall–Kier alpha value is 0.01000. The molecule has 1 rings (SSSR count). The molecule has 0 radical (unpaired) electrons. The summed E-state index contributed by atoms with van der Waals surface area (Å²) in [6.07, 6.45) is 9.62. The van der Waals surface area contributed by atoms with E-state index in [2.05, 4.69) is 59.4 Å². The van der Waals surface area contributed by atoms with Gasteiger partial charge < -0.3 is 5.32 Å². The molecular formula is C18H30BrNS. The molecule has 0 aliphatic carbocycles. The Morgan fingerprint density at radius 2 is 1.67 bits per heavy atom. The minimum atomic E-state index is 0.648. The van der Waals surface area contributed by atoms with E-state index < -0.39 is 0 Å². The van der Waals surface area contributed by atoms with Gasteiger partial charge in [-0.3, -0.25) is 0 Å². The smallest absolute Gasteiger partial charge is 0.0176 e. The number of unbranched alkanes of at least 4 members (excludes halogenated alkanes) is 5.